The maximum absolute atomic E-state index is 12.4. The Morgan fingerprint density at radius 1 is 0.731 bits per heavy atom. The Labute approximate surface area is 155 Å². The first-order chi connectivity index (χ1) is 12.7. The van der Waals surface area contributed by atoms with E-state index < -0.39 is 11.9 Å². The van der Waals surface area contributed by atoms with Gasteiger partial charge in [-0.3, -0.25) is 0 Å². The summed E-state index contributed by atoms with van der Waals surface area (Å²) in [6.45, 7) is 2.55. The van der Waals surface area contributed by atoms with Crippen LogP contribution in [-0.2, 0) is 4.74 Å². The van der Waals surface area contributed by atoms with Crippen molar-refractivity contribution in [2.75, 3.05) is 6.61 Å². The van der Waals surface area contributed by atoms with E-state index in [4.69, 9.17) is 9.47 Å². The number of rotatable bonds is 10. The monoisotopic (exact) mass is 354 g/mol. The molecule has 26 heavy (non-hydrogen) atoms. The summed E-state index contributed by atoms with van der Waals surface area (Å²) >= 11 is 0. The Hall–Kier alpha value is -2.62. The van der Waals surface area contributed by atoms with Gasteiger partial charge in [-0.1, -0.05) is 69.4 Å². The van der Waals surface area contributed by atoms with Crippen LogP contribution in [0.2, 0.25) is 0 Å². The minimum absolute atomic E-state index is 0.212. The molecule has 0 heterocycles. The highest BCUT2D eigenvalue weighted by Gasteiger charge is 2.19. The van der Waals surface area contributed by atoms with Crippen molar-refractivity contribution >= 4 is 11.9 Å². The van der Waals surface area contributed by atoms with Gasteiger partial charge < -0.3 is 9.47 Å². The molecule has 0 amide bonds. The first-order valence-electron chi connectivity index (χ1n) is 9.25. The molecular weight excluding hydrogens is 328 g/mol. The first kappa shape index (κ1) is 19.7. The molecule has 0 atom stereocenters. The van der Waals surface area contributed by atoms with E-state index in [1.54, 1.807) is 48.5 Å². The van der Waals surface area contributed by atoms with Crippen LogP contribution >= 0.6 is 0 Å². The fourth-order valence-corrected chi connectivity index (χ4v) is 2.61. The molecule has 0 aliphatic heterocycles. The van der Waals surface area contributed by atoms with E-state index in [1.807, 2.05) is 6.07 Å². The number of esters is 2. The molecule has 2 rings (SSSR count). The zero-order valence-corrected chi connectivity index (χ0v) is 15.3. The van der Waals surface area contributed by atoms with Crippen LogP contribution in [0.5, 0.6) is 5.75 Å². The van der Waals surface area contributed by atoms with Crippen molar-refractivity contribution in [1.29, 1.82) is 0 Å². The van der Waals surface area contributed by atoms with Crippen LogP contribution in [-0.4, -0.2) is 18.5 Å². The highest BCUT2D eigenvalue weighted by Crippen LogP contribution is 2.16. The number of carbonyl (C=O) groups excluding carboxylic acids is 2. The molecule has 0 bridgehead atoms. The van der Waals surface area contributed by atoms with Crippen LogP contribution < -0.4 is 4.74 Å². The van der Waals surface area contributed by atoms with Crippen molar-refractivity contribution in [3.05, 3.63) is 65.7 Å². The molecule has 138 valence electrons. The fraction of sp³-hybridized carbons (Fsp3) is 0.364. The first-order valence-corrected chi connectivity index (χ1v) is 9.25. The second-order valence-corrected chi connectivity index (χ2v) is 6.15. The Bertz CT molecular complexity index is 694. The van der Waals surface area contributed by atoms with E-state index in [2.05, 4.69) is 6.92 Å². The maximum Gasteiger partial charge on any atom is 0.344 e. The molecule has 0 aliphatic carbocycles. The van der Waals surface area contributed by atoms with Gasteiger partial charge in [0.1, 0.15) is 5.75 Å². The molecule has 0 radical (unpaired) electrons. The molecule has 0 aliphatic rings. The lowest BCUT2D eigenvalue weighted by Gasteiger charge is -2.09. The quantitative estimate of drug-likeness (QED) is 0.325. The van der Waals surface area contributed by atoms with Gasteiger partial charge in [0.25, 0.3) is 0 Å². The normalized spacial score (nSPS) is 10.3. The maximum atomic E-state index is 12.4. The SMILES string of the molecule is CCCCCCCCOC(=O)c1ccccc1C(=O)Oc1ccccc1. The standard InChI is InChI=1S/C22H26O4/c1-2-3-4-5-6-12-17-25-21(23)19-15-10-11-16-20(19)22(24)26-18-13-8-7-9-14-18/h7-11,13-16H,2-6,12,17H2,1H3. The van der Waals surface area contributed by atoms with Gasteiger partial charge in [0.05, 0.1) is 17.7 Å². The highest BCUT2D eigenvalue weighted by molar-refractivity contribution is 6.03. The largest absolute Gasteiger partial charge is 0.462 e. The molecule has 0 spiro atoms. The zero-order chi connectivity index (χ0) is 18.6. The summed E-state index contributed by atoms with van der Waals surface area (Å²) in [5.41, 5.74) is 0.448. The third-order valence-electron chi connectivity index (χ3n) is 4.05. The van der Waals surface area contributed by atoms with Gasteiger partial charge in [-0.05, 0) is 30.7 Å². The van der Waals surface area contributed by atoms with Crippen molar-refractivity contribution in [2.45, 2.75) is 45.4 Å². The van der Waals surface area contributed by atoms with Crippen LogP contribution in [0.1, 0.15) is 66.2 Å². The Kier molecular flexibility index (Phi) is 8.40. The molecule has 0 fully saturated rings. The Balaban J connectivity index is 1.89. The van der Waals surface area contributed by atoms with E-state index in [-0.39, 0.29) is 11.1 Å². The van der Waals surface area contributed by atoms with Gasteiger partial charge in [-0.25, -0.2) is 9.59 Å². The Morgan fingerprint density at radius 3 is 2.00 bits per heavy atom. The second kappa shape index (κ2) is 11.1. The van der Waals surface area contributed by atoms with Crippen LogP contribution in [0.4, 0.5) is 0 Å². The number of unbranched alkanes of at least 4 members (excludes halogenated alkanes) is 5. The molecule has 0 unspecified atom stereocenters. The summed E-state index contributed by atoms with van der Waals surface area (Å²) in [4.78, 5) is 24.7. The minimum Gasteiger partial charge on any atom is -0.462 e. The molecule has 2 aromatic carbocycles. The van der Waals surface area contributed by atoms with Crippen LogP contribution in [0, 0.1) is 0 Å². The topological polar surface area (TPSA) is 52.6 Å². The molecule has 0 aromatic heterocycles. The van der Waals surface area contributed by atoms with Gasteiger partial charge in [-0.2, -0.15) is 0 Å². The predicted molar refractivity (Wildman–Crippen MR) is 102 cm³/mol. The zero-order valence-electron chi connectivity index (χ0n) is 15.3. The van der Waals surface area contributed by atoms with Gasteiger partial charge in [0, 0.05) is 0 Å². The van der Waals surface area contributed by atoms with E-state index in [9.17, 15) is 9.59 Å². The lowest BCUT2D eigenvalue weighted by Crippen LogP contribution is -2.16. The van der Waals surface area contributed by atoms with E-state index in [1.165, 1.54) is 19.3 Å². The van der Waals surface area contributed by atoms with Crippen molar-refractivity contribution in [3.63, 3.8) is 0 Å². The molecule has 4 heteroatoms. The molecule has 0 N–H and O–H groups in total. The highest BCUT2D eigenvalue weighted by atomic mass is 16.5. The third kappa shape index (κ3) is 6.36. The lowest BCUT2D eigenvalue weighted by atomic mass is 10.1. The third-order valence-corrected chi connectivity index (χ3v) is 4.05. The van der Waals surface area contributed by atoms with Crippen LogP contribution in [0.25, 0.3) is 0 Å². The van der Waals surface area contributed by atoms with Gasteiger partial charge >= 0.3 is 11.9 Å². The second-order valence-electron chi connectivity index (χ2n) is 6.15. The summed E-state index contributed by atoms with van der Waals surface area (Å²) in [7, 11) is 0. The van der Waals surface area contributed by atoms with Crippen molar-refractivity contribution in [1.82, 2.24) is 0 Å². The number of ether oxygens (including phenoxy) is 2. The van der Waals surface area contributed by atoms with Gasteiger partial charge in [0.15, 0.2) is 0 Å². The predicted octanol–water partition coefficient (Wildman–Crippen LogP) is 5.42. The average molecular weight is 354 g/mol. The molecular formula is C22H26O4. The summed E-state index contributed by atoms with van der Waals surface area (Å²) in [6.07, 6.45) is 6.72. The molecule has 2 aromatic rings. The lowest BCUT2D eigenvalue weighted by molar-refractivity contribution is 0.0489. The van der Waals surface area contributed by atoms with E-state index in [0.717, 1.165) is 19.3 Å². The fourth-order valence-electron chi connectivity index (χ4n) is 2.61. The van der Waals surface area contributed by atoms with Crippen molar-refractivity contribution < 1.29 is 19.1 Å². The van der Waals surface area contributed by atoms with Crippen molar-refractivity contribution in [3.8, 4) is 5.75 Å². The average Bonchev–Trinajstić information content (AvgIpc) is 2.68. The Morgan fingerprint density at radius 2 is 1.31 bits per heavy atom. The van der Waals surface area contributed by atoms with E-state index in [0.29, 0.717) is 12.4 Å². The van der Waals surface area contributed by atoms with Gasteiger partial charge in [-0.15, -0.1) is 0 Å². The summed E-state index contributed by atoms with van der Waals surface area (Å²) in [6, 6.07) is 15.4. The smallest absolute Gasteiger partial charge is 0.344 e. The number of para-hydroxylation sites is 1. The minimum atomic E-state index is -0.566. The summed E-state index contributed by atoms with van der Waals surface area (Å²) < 4.78 is 10.7. The number of carbonyl (C=O) groups is 2. The summed E-state index contributed by atoms with van der Waals surface area (Å²) in [5.74, 6) is -0.616. The van der Waals surface area contributed by atoms with Crippen LogP contribution in [0.3, 0.4) is 0 Å². The summed E-state index contributed by atoms with van der Waals surface area (Å²) in [5, 5.41) is 0. The molecule has 0 saturated heterocycles. The molecule has 0 saturated carbocycles. The number of hydrogen-bond donors (Lipinski definition) is 0. The molecule has 4 nitrogen and oxygen atoms in total. The number of hydrogen-bond acceptors (Lipinski definition) is 4. The van der Waals surface area contributed by atoms with E-state index >= 15 is 0 Å². The number of benzene rings is 2. The van der Waals surface area contributed by atoms with Crippen LogP contribution in [0.15, 0.2) is 54.6 Å². The van der Waals surface area contributed by atoms with Gasteiger partial charge in [0.2, 0.25) is 0 Å². The van der Waals surface area contributed by atoms with Crippen molar-refractivity contribution in [2.24, 2.45) is 0 Å².